The maximum atomic E-state index is 11.5. The fraction of sp³-hybridized carbons (Fsp3) is 0.200. The molecule has 0 saturated heterocycles. The molecule has 1 aromatic heterocycles. The van der Waals surface area contributed by atoms with Gasteiger partial charge in [-0.15, -0.1) is 5.10 Å². The molecule has 0 atom stereocenters. The van der Waals surface area contributed by atoms with Gasteiger partial charge in [0.25, 0.3) is 0 Å². The lowest BCUT2D eigenvalue weighted by atomic mass is 10.1. The van der Waals surface area contributed by atoms with Gasteiger partial charge < -0.3 is 20.1 Å². The normalized spacial score (nSPS) is 10.2. The predicted molar refractivity (Wildman–Crippen MR) is 107 cm³/mol. The van der Waals surface area contributed by atoms with Crippen molar-refractivity contribution in [2.45, 2.75) is 6.92 Å². The molecule has 0 aliphatic heterocycles. The van der Waals surface area contributed by atoms with Crippen molar-refractivity contribution in [1.29, 1.82) is 0 Å². The molecule has 0 amide bonds. The molecule has 0 radical (unpaired) electrons. The number of hydrogen-bond donors (Lipinski definition) is 2. The van der Waals surface area contributed by atoms with E-state index in [0.717, 1.165) is 17.2 Å². The van der Waals surface area contributed by atoms with E-state index < -0.39 is 0 Å². The SMILES string of the molecule is COc1ccc(OCCNc2nncc(Nc3cccc(C(C)=O)c3)n2)cc1. The van der Waals surface area contributed by atoms with Crippen molar-refractivity contribution in [2.75, 3.05) is 30.9 Å². The Morgan fingerprint density at radius 3 is 2.64 bits per heavy atom. The molecule has 144 valence electrons. The number of anilines is 3. The van der Waals surface area contributed by atoms with Crippen molar-refractivity contribution in [3.05, 3.63) is 60.3 Å². The van der Waals surface area contributed by atoms with Gasteiger partial charge in [-0.3, -0.25) is 4.79 Å². The second-order valence-electron chi connectivity index (χ2n) is 5.88. The van der Waals surface area contributed by atoms with E-state index in [-0.39, 0.29) is 5.78 Å². The zero-order valence-corrected chi connectivity index (χ0v) is 15.7. The highest BCUT2D eigenvalue weighted by Crippen LogP contribution is 2.18. The third-order valence-electron chi connectivity index (χ3n) is 3.81. The molecule has 0 saturated carbocycles. The van der Waals surface area contributed by atoms with Crippen LogP contribution < -0.4 is 20.1 Å². The van der Waals surface area contributed by atoms with Gasteiger partial charge in [0.15, 0.2) is 11.6 Å². The predicted octanol–water partition coefficient (Wildman–Crippen LogP) is 3.32. The van der Waals surface area contributed by atoms with E-state index in [4.69, 9.17) is 9.47 Å². The highest BCUT2D eigenvalue weighted by molar-refractivity contribution is 5.95. The van der Waals surface area contributed by atoms with Gasteiger partial charge in [0, 0.05) is 11.3 Å². The van der Waals surface area contributed by atoms with Crippen LogP contribution in [0.4, 0.5) is 17.5 Å². The van der Waals surface area contributed by atoms with Crippen molar-refractivity contribution < 1.29 is 14.3 Å². The Morgan fingerprint density at radius 2 is 1.89 bits per heavy atom. The topological polar surface area (TPSA) is 98.3 Å². The van der Waals surface area contributed by atoms with Crippen LogP contribution >= 0.6 is 0 Å². The zero-order valence-electron chi connectivity index (χ0n) is 15.7. The average Bonchev–Trinajstić information content (AvgIpc) is 2.72. The van der Waals surface area contributed by atoms with Crippen LogP contribution in [0.3, 0.4) is 0 Å². The summed E-state index contributed by atoms with van der Waals surface area (Å²) < 4.78 is 10.8. The Balaban J connectivity index is 1.51. The molecule has 28 heavy (non-hydrogen) atoms. The smallest absolute Gasteiger partial charge is 0.244 e. The summed E-state index contributed by atoms with van der Waals surface area (Å²) in [7, 11) is 1.62. The standard InChI is InChI=1S/C20H21N5O3/c1-14(26)15-4-3-5-16(12-15)23-19-13-22-25-20(24-19)21-10-11-28-18-8-6-17(27-2)7-9-18/h3-9,12-13H,10-11H2,1-2H3,(H2,21,23,24,25). The van der Waals surface area contributed by atoms with E-state index in [1.165, 1.54) is 13.1 Å². The Morgan fingerprint density at radius 1 is 1.11 bits per heavy atom. The number of ether oxygens (including phenoxy) is 2. The van der Waals surface area contributed by atoms with E-state index in [1.807, 2.05) is 36.4 Å². The summed E-state index contributed by atoms with van der Waals surface area (Å²) in [5, 5.41) is 14.1. The van der Waals surface area contributed by atoms with Crippen LogP contribution in [0.5, 0.6) is 11.5 Å². The average molecular weight is 379 g/mol. The van der Waals surface area contributed by atoms with Crippen LogP contribution in [0, 0.1) is 0 Å². The number of carbonyl (C=O) groups is 1. The number of rotatable bonds is 9. The molecule has 1 heterocycles. The molecular formula is C20H21N5O3. The maximum absolute atomic E-state index is 11.5. The van der Waals surface area contributed by atoms with Crippen molar-refractivity contribution in [1.82, 2.24) is 15.2 Å². The summed E-state index contributed by atoms with van der Waals surface area (Å²) in [5.74, 6) is 2.44. The third-order valence-corrected chi connectivity index (χ3v) is 3.81. The minimum atomic E-state index is 0.00341. The molecule has 0 aliphatic carbocycles. The quantitative estimate of drug-likeness (QED) is 0.432. The van der Waals surface area contributed by atoms with Crippen LogP contribution in [-0.4, -0.2) is 41.2 Å². The summed E-state index contributed by atoms with van der Waals surface area (Å²) in [6.07, 6.45) is 1.51. The summed E-state index contributed by atoms with van der Waals surface area (Å²) >= 11 is 0. The lowest BCUT2D eigenvalue weighted by molar-refractivity contribution is 0.101. The second kappa shape index (κ2) is 9.31. The fourth-order valence-corrected chi connectivity index (χ4v) is 2.41. The van der Waals surface area contributed by atoms with Crippen molar-refractivity contribution >= 4 is 23.2 Å². The van der Waals surface area contributed by atoms with Crippen molar-refractivity contribution in [2.24, 2.45) is 0 Å². The molecule has 0 aliphatic rings. The van der Waals surface area contributed by atoms with Crippen LogP contribution in [0.15, 0.2) is 54.7 Å². The molecule has 0 spiro atoms. The van der Waals surface area contributed by atoms with Gasteiger partial charge in [-0.1, -0.05) is 12.1 Å². The molecule has 0 bridgehead atoms. The molecule has 2 N–H and O–H groups in total. The summed E-state index contributed by atoms with van der Waals surface area (Å²) in [4.78, 5) is 15.8. The number of nitrogens with one attached hydrogen (secondary N) is 2. The fourth-order valence-electron chi connectivity index (χ4n) is 2.41. The first-order valence-corrected chi connectivity index (χ1v) is 8.72. The Hall–Kier alpha value is -3.68. The number of ketones is 1. The molecule has 2 aromatic carbocycles. The van der Waals surface area contributed by atoms with E-state index in [2.05, 4.69) is 25.8 Å². The number of aromatic nitrogens is 3. The Bertz CT molecular complexity index is 931. The van der Waals surface area contributed by atoms with Crippen molar-refractivity contribution in [3.63, 3.8) is 0 Å². The number of benzene rings is 2. The van der Waals surface area contributed by atoms with Gasteiger partial charge in [-0.25, -0.2) is 0 Å². The largest absolute Gasteiger partial charge is 0.497 e. The van der Waals surface area contributed by atoms with Gasteiger partial charge >= 0.3 is 0 Å². The van der Waals surface area contributed by atoms with E-state index in [0.29, 0.717) is 30.5 Å². The number of Topliss-reactive ketones (excluding diaryl/α,β-unsaturated/α-hetero) is 1. The number of carbonyl (C=O) groups excluding carboxylic acids is 1. The maximum Gasteiger partial charge on any atom is 0.244 e. The van der Waals surface area contributed by atoms with Crippen LogP contribution in [0.1, 0.15) is 17.3 Å². The molecule has 8 nitrogen and oxygen atoms in total. The van der Waals surface area contributed by atoms with Crippen LogP contribution in [0.25, 0.3) is 0 Å². The summed E-state index contributed by atoms with van der Waals surface area (Å²) in [6, 6.07) is 14.6. The zero-order chi connectivity index (χ0) is 19.8. The Labute approximate surface area is 162 Å². The number of nitrogens with zero attached hydrogens (tertiary/aromatic N) is 3. The molecule has 8 heteroatoms. The number of methoxy groups -OCH3 is 1. The lowest BCUT2D eigenvalue weighted by Gasteiger charge is -2.09. The van der Waals surface area contributed by atoms with Gasteiger partial charge in [-0.05, 0) is 43.3 Å². The Kier molecular flexibility index (Phi) is 6.35. The first kappa shape index (κ1) is 19.1. The monoisotopic (exact) mass is 379 g/mol. The van der Waals surface area contributed by atoms with Gasteiger partial charge in [0.05, 0.1) is 19.9 Å². The van der Waals surface area contributed by atoms with E-state index in [1.54, 1.807) is 19.2 Å². The third kappa shape index (κ3) is 5.41. The van der Waals surface area contributed by atoms with E-state index in [9.17, 15) is 4.79 Å². The molecule has 3 rings (SSSR count). The molecular weight excluding hydrogens is 358 g/mol. The minimum absolute atomic E-state index is 0.00341. The highest BCUT2D eigenvalue weighted by Gasteiger charge is 2.04. The van der Waals surface area contributed by atoms with Crippen LogP contribution in [-0.2, 0) is 0 Å². The first-order valence-electron chi connectivity index (χ1n) is 8.72. The summed E-state index contributed by atoms with van der Waals surface area (Å²) in [5.41, 5.74) is 1.38. The lowest BCUT2D eigenvalue weighted by Crippen LogP contribution is -2.14. The van der Waals surface area contributed by atoms with Gasteiger partial charge in [0.2, 0.25) is 5.95 Å². The van der Waals surface area contributed by atoms with Gasteiger partial charge in [0.1, 0.15) is 18.1 Å². The number of hydrogen-bond acceptors (Lipinski definition) is 8. The van der Waals surface area contributed by atoms with E-state index >= 15 is 0 Å². The van der Waals surface area contributed by atoms with Crippen LogP contribution in [0.2, 0.25) is 0 Å². The summed E-state index contributed by atoms with van der Waals surface area (Å²) in [6.45, 7) is 2.48. The molecule has 0 unspecified atom stereocenters. The second-order valence-corrected chi connectivity index (χ2v) is 5.88. The van der Waals surface area contributed by atoms with Crippen molar-refractivity contribution in [3.8, 4) is 11.5 Å². The molecule has 3 aromatic rings. The highest BCUT2D eigenvalue weighted by atomic mass is 16.5. The van der Waals surface area contributed by atoms with Gasteiger partial charge in [-0.2, -0.15) is 10.1 Å². The minimum Gasteiger partial charge on any atom is -0.497 e. The molecule has 0 fully saturated rings. The first-order chi connectivity index (χ1) is 13.6.